The number of hydrogen-bond acceptors (Lipinski definition) is 3. The van der Waals surface area contributed by atoms with E-state index in [4.69, 9.17) is 4.74 Å². The van der Waals surface area contributed by atoms with E-state index < -0.39 is 0 Å². The van der Waals surface area contributed by atoms with Gasteiger partial charge in [-0.2, -0.15) is 0 Å². The fourth-order valence-corrected chi connectivity index (χ4v) is 3.43. The Bertz CT molecular complexity index is 555. The lowest BCUT2D eigenvalue weighted by Crippen LogP contribution is -2.51. The highest BCUT2D eigenvalue weighted by atomic mass is 16.5. The molecule has 0 saturated carbocycles. The number of morpholine rings is 1. The maximum Gasteiger partial charge on any atom is 0.220 e. The third kappa shape index (κ3) is 6.40. The molecule has 1 unspecified atom stereocenters. The van der Waals surface area contributed by atoms with Crippen molar-refractivity contribution >= 4 is 5.91 Å². The van der Waals surface area contributed by atoms with Crippen molar-refractivity contribution in [1.82, 2.24) is 10.2 Å². The number of nitrogens with zero attached hydrogens (tertiary/aromatic N) is 1. The molecule has 1 heterocycles. The second kappa shape index (κ2) is 9.52. The van der Waals surface area contributed by atoms with Crippen molar-refractivity contribution < 1.29 is 9.53 Å². The van der Waals surface area contributed by atoms with Crippen molar-refractivity contribution in [3.63, 3.8) is 0 Å². The van der Waals surface area contributed by atoms with E-state index in [1.165, 1.54) is 11.1 Å². The van der Waals surface area contributed by atoms with Crippen molar-refractivity contribution in [2.75, 3.05) is 32.8 Å². The van der Waals surface area contributed by atoms with Gasteiger partial charge in [-0.1, -0.05) is 58.9 Å². The van der Waals surface area contributed by atoms with Crippen LogP contribution in [0.1, 0.15) is 52.2 Å². The molecule has 4 heteroatoms. The standard InChI is InChI=1S/C22H36N2O2/c1-17(2)20(24-12-14-26-15-13-24)16-23-21(25)11-8-18-6-9-19(10-7-18)22(3,4)5/h6-7,9-10,17,20H,8,11-16H2,1-5H3,(H,23,25). The van der Waals surface area contributed by atoms with Crippen LogP contribution >= 0.6 is 0 Å². The molecular weight excluding hydrogens is 324 g/mol. The van der Waals surface area contributed by atoms with Gasteiger partial charge in [0.25, 0.3) is 0 Å². The molecule has 1 amide bonds. The molecule has 0 spiro atoms. The second-order valence-electron chi connectivity index (χ2n) is 8.71. The molecule has 1 N–H and O–H groups in total. The van der Waals surface area contributed by atoms with E-state index in [-0.39, 0.29) is 11.3 Å². The summed E-state index contributed by atoms with van der Waals surface area (Å²) in [6, 6.07) is 9.05. The number of amides is 1. The average Bonchev–Trinajstić information content (AvgIpc) is 2.60. The van der Waals surface area contributed by atoms with Gasteiger partial charge in [0.05, 0.1) is 13.2 Å². The number of ether oxygens (including phenoxy) is 1. The van der Waals surface area contributed by atoms with Crippen LogP contribution in [0.15, 0.2) is 24.3 Å². The minimum atomic E-state index is 0.142. The summed E-state index contributed by atoms with van der Waals surface area (Å²) in [5.74, 6) is 0.655. The van der Waals surface area contributed by atoms with Gasteiger partial charge in [0.15, 0.2) is 0 Å². The Kier molecular flexibility index (Phi) is 7.66. The summed E-state index contributed by atoms with van der Waals surface area (Å²) >= 11 is 0. The van der Waals surface area contributed by atoms with Gasteiger partial charge in [-0.3, -0.25) is 9.69 Å². The van der Waals surface area contributed by atoms with Crippen LogP contribution in [0.25, 0.3) is 0 Å². The van der Waals surface area contributed by atoms with Crippen LogP contribution in [-0.4, -0.2) is 49.7 Å². The third-order valence-electron chi connectivity index (χ3n) is 5.25. The molecule has 1 aliphatic rings. The van der Waals surface area contributed by atoms with Gasteiger partial charge in [-0.25, -0.2) is 0 Å². The summed E-state index contributed by atoms with van der Waals surface area (Å²) < 4.78 is 5.44. The lowest BCUT2D eigenvalue weighted by molar-refractivity contribution is -0.121. The second-order valence-corrected chi connectivity index (χ2v) is 8.71. The normalized spacial score (nSPS) is 17.3. The molecule has 26 heavy (non-hydrogen) atoms. The number of aryl methyl sites for hydroxylation is 1. The Morgan fingerprint density at radius 1 is 1.15 bits per heavy atom. The maximum absolute atomic E-state index is 12.3. The smallest absolute Gasteiger partial charge is 0.220 e. The highest BCUT2D eigenvalue weighted by molar-refractivity contribution is 5.76. The summed E-state index contributed by atoms with van der Waals surface area (Å²) in [5, 5.41) is 3.15. The minimum absolute atomic E-state index is 0.142. The largest absolute Gasteiger partial charge is 0.379 e. The fraction of sp³-hybridized carbons (Fsp3) is 0.682. The van der Waals surface area contributed by atoms with E-state index in [0.717, 1.165) is 39.3 Å². The van der Waals surface area contributed by atoms with Crippen LogP contribution in [0.5, 0.6) is 0 Å². The van der Waals surface area contributed by atoms with Gasteiger partial charge in [-0.05, 0) is 28.9 Å². The molecule has 1 atom stereocenters. The summed E-state index contributed by atoms with van der Waals surface area (Å²) in [6.45, 7) is 15.3. The third-order valence-corrected chi connectivity index (χ3v) is 5.25. The Morgan fingerprint density at radius 3 is 2.31 bits per heavy atom. The number of carbonyl (C=O) groups is 1. The predicted octanol–water partition coefficient (Wildman–Crippen LogP) is 3.39. The summed E-state index contributed by atoms with van der Waals surface area (Å²) in [4.78, 5) is 14.7. The summed E-state index contributed by atoms with van der Waals surface area (Å²) in [5.41, 5.74) is 2.72. The van der Waals surface area contributed by atoms with Gasteiger partial charge < -0.3 is 10.1 Å². The van der Waals surface area contributed by atoms with Crippen LogP contribution < -0.4 is 5.32 Å². The molecular formula is C22H36N2O2. The Balaban J connectivity index is 1.78. The van der Waals surface area contributed by atoms with Gasteiger partial charge in [0.1, 0.15) is 0 Å². The molecule has 1 saturated heterocycles. The first-order valence-electron chi connectivity index (χ1n) is 9.95. The SMILES string of the molecule is CC(C)C(CNC(=O)CCc1ccc(C(C)(C)C)cc1)N1CCOCC1. The number of hydrogen-bond donors (Lipinski definition) is 1. The fourth-order valence-electron chi connectivity index (χ4n) is 3.43. The van der Waals surface area contributed by atoms with E-state index in [2.05, 4.69) is 69.1 Å². The number of carbonyl (C=O) groups excluding carboxylic acids is 1. The van der Waals surface area contributed by atoms with Crippen LogP contribution in [-0.2, 0) is 21.4 Å². The van der Waals surface area contributed by atoms with E-state index in [9.17, 15) is 4.79 Å². The van der Waals surface area contributed by atoms with Gasteiger partial charge >= 0.3 is 0 Å². The van der Waals surface area contributed by atoms with Crippen LogP contribution in [0.3, 0.4) is 0 Å². The Labute approximate surface area is 159 Å². The number of rotatable bonds is 7. The molecule has 0 aliphatic carbocycles. The highest BCUT2D eigenvalue weighted by Crippen LogP contribution is 2.22. The molecule has 1 aromatic carbocycles. The number of benzene rings is 1. The van der Waals surface area contributed by atoms with Crippen molar-refractivity contribution in [3.8, 4) is 0 Å². The highest BCUT2D eigenvalue weighted by Gasteiger charge is 2.24. The topological polar surface area (TPSA) is 41.6 Å². The van der Waals surface area contributed by atoms with Crippen LogP contribution in [0.2, 0.25) is 0 Å². The lowest BCUT2D eigenvalue weighted by Gasteiger charge is -2.36. The van der Waals surface area contributed by atoms with E-state index in [1.54, 1.807) is 0 Å². The summed E-state index contributed by atoms with van der Waals surface area (Å²) in [6.07, 6.45) is 1.34. The molecule has 2 rings (SSSR count). The van der Waals surface area contributed by atoms with Gasteiger partial charge in [0, 0.05) is 32.1 Å². The molecule has 146 valence electrons. The monoisotopic (exact) mass is 360 g/mol. The first-order chi connectivity index (χ1) is 12.3. The zero-order valence-electron chi connectivity index (χ0n) is 17.2. The first-order valence-corrected chi connectivity index (χ1v) is 9.95. The lowest BCUT2D eigenvalue weighted by atomic mass is 9.86. The molecule has 0 radical (unpaired) electrons. The molecule has 1 aliphatic heterocycles. The van der Waals surface area contributed by atoms with E-state index in [1.807, 2.05) is 0 Å². The Morgan fingerprint density at radius 2 is 1.77 bits per heavy atom. The zero-order chi connectivity index (χ0) is 19.2. The molecule has 1 fully saturated rings. The van der Waals surface area contributed by atoms with E-state index in [0.29, 0.717) is 18.4 Å². The quantitative estimate of drug-likeness (QED) is 0.810. The molecule has 0 bridgehead atoms. The van der Waals surface area contributed by atoms with Gasteiger partial charge in [-0.15, -0.1) is 0 Å². The maximum atomic E-state index is 12.3. The Hall–Kier alpha value is -1.39. The number of nitrogens with one attached hydrogen (secondary N) is 1. The molecule has 0 aromatic heterocycles. The van der Waals surface area contributed by atoms with Crippen molar-refractivity contribution in [1.29, 1.82) is 0 Å². The molecule has 4 nitrogen and oxygen atoms in total. The first kappa shape index (κ1) is 20.9. The van der Waals surface area contributed by atoms with Gasteiger partial charge in [0.2, 0.25) is 5.91 Å². The van der Waals surface area contributed by atoms with Crippen LogP contribution in [0, 0.1) is 5.92 Å². The van der Waals surface area contributed by atoms with Crippen molar-refractivity contribution in [2.24, 2.45) is 5.92 Å². The minimum Gasteiger partial charge on any atom is -0.379 e. The zero-order valence-corrected chi connectivity index (χ0v) is 17.2. The van der Waals surface area contributed by atoms with E-state index >= 15 is 0 Å². The van der Waals surface area contributed by atoms with Crippen LogP contribution in [0.4, 0.5) is 0 Å². The summed E-state index contributed by atoms with van der Waals surface area (Å²) in [7, 11) is 0. The van der Waals surface area contributed by atoms with Crippen molar-refractivity contribution in [2.45, 2.75) is 58.9 Å². The predicted molar refractivity (Wildman–Crippen MR) is 107 cm³/mol. The van der Waals surface area contributed by atoms with Crippen molar-refractivity contribution in [3.05, 3.63) is 35.4 Å². The average molecular weight is 361 g/mol. The molecule has 1 aromatic rings.